The van der Waals surface area contributed by atoms with E-state index in [4.69, 9.17) is 33.4 Å². The van der Waals surface area contributed by atoms with E-state index >= 15 is 0 Å². The van der Waals surface area contributed by atoms with Gasteiger partial charge >= 0.3 is 12.1 Å². The number of amides is 2. The summed E-state index contributed by atoms with van der Waals surface area (Å²) in [6, 6.07) is 2.84. The molecule has 2 rings (SSSR count). The molecule has 0 radical (unpaired) electrons. The molecular formula is C14H14Cl2N2O5. The molecule has 1 aromatic rings. The van der Waals surface area contributed by atoms with Gasteiger partial charge in [0.05, 0.1) is 10.0 Å². The van der Waals surface area contributed by atoms with Crippen LogP contribution in [0.3, 0.4) is 0 Å². The van der Waals surface area contributed by atoms with Crippen molar-refractivity contribution in [1.29, 1.82) is 0 Å². The Labute approximate surface area is 141 Å². The van der Waals surface area contributed by atoms with Gasteiger partial charge in [-0.05, 0) is 31.0 Å². The van der Waals surface area contributed by atoms with Crippen LogP contribution in [-0.2, 0) is 4.79 Å². The Balaban J connectivity index is 2.05. The summed E-state index contributed by atoms with van der Waals surface area (Å²) < 4.78 is 0. The lowest BCUT2D eigenvalue weighted by Gasteiger charge is -2.35. The van der Waals surface area contributed by atoms with Crippen LogP contribution >= 0.6 is 23.2 Å². The van der Waals surface area contributed by atoms with Crippen molar-refractivity contribution in [3.05, 3.63) is 33.8 Å². The van der Waals surface area contributed by atoms with Gasteiger partial charge in [-0.1, -0.05) is 23.2 Å². The number of benzene rings is 1. The fourth-order valence-corrected chi connectivity index (χ4v) is 2.76. The van der Waals surface area contributed by atoms with Crippen molar-refractivity contribution < 1.29 is 24.6 Å². The third-order valence-corrected chi connectivity index (χ3v) is 4.37. The van der Waals surface area contributed by atoms with E-state index in [9.17, 15) is 14.4 Å². The molecule has 1 saturated heterocycles. The number of hydrogen-bond acceptors (Lipinski definition) is 3. The number of nitrogens with one attached hydrogen (secondary N) is 1. The van der Waals surface area contributed by atoms with Gasteiger partial charge in [-0.3, -0.25) is 9.69 Å². The van der Waals surface area contributed by atoms with Crippen LogP contribution in [0.1, 0.15) is 23.2 Å². The molecule has 2 atom stereocenters. The first-order valence-corrected chi connectivity index (χ1v) is 7.53. The normalized spacial score (nSPS) is 20.9. The molecule has 0 saturated carbocycles. The Bertz CT molecular complexity index is 652. The van der Waals surface area contributed by atoms with Crippen molar-refractivity contribution in [2.75, 3.05) is 6.54 Å². The number of likely N-dealkylation sites (tertiary alicyclic amines) is 1. The van der Waals surface area contributed by atoms with Crippen LogP contribution in [0, 0.1) is 0 Å². The summed E-state index contributed by atoms with van der Waals surface area (Å²) in [5, 5.41) is 21.4. The predicted octanol–water partition coefficient (Wildman–Crippen LogP) is 2.32. The molecule has 0 spiro atoms. The fraction of sp³-hybridized carbons (Fsp3) is 0.357. The van der Waals surface area contributed by atoms with Crippen LogP contribution in [0.15, 0.2) is 18.2 Å². The summed E-state index contributed by atoms with van der Waals surface area (Å²) in [5.41, 5.74) is 0.293. The number of carboxylic acid groups (broad SMARTS) is 2. The minimum Gasteiger partial charge on any atom is -0.480 e. The third kappa shape index (κ3) is 4.05. The van der Waals surface area contributed by atoms with Gasteiger partial charge in [-0.15, -0.1) is 0 Å². The third-order valence-electron chi connectivity index (χ3n) is 3.63. The van der Waals surface area contributed by atoms with Crippen molar-refractivity contribution in [1.82, 2.24) is 10.2 Å². The fourth-order valence-electron chi connectivity index (χ4n) is 2.46. The van der Waals surface area contributed by atoms with Crippen LogP contribution in [-0.4, -0.2) is 51.7 Å². The molecule has 0 unspecified atom stereocenters. The van der Waals surface area contributed by atoms with Crippen LogP contribution in [0.25, 0.3) is 0 Å². The average Bonchev–Trinajstić information content (AvgIpc) is 2.49. The van der Waals surface area contributed by atoms with Gasteiger partial charge in [0.15, 0.2) is 0 Å². The second-order valence-corrected chi connectivity index (χ2v) is 5.98. The minimum absolute atomic E-state index is 0.0840. The molecular weight excluding hydrogens is 347 g/mol. The molecule has 1 aromatic carbocycles. The zero-order valence-electron chi connectivity index (χ0n) is 11.8. The Morgan fingerprint density at radius 1 is 1.13 bits per heavy atom. The lowest BCUT2D eigenvalue weighted by Crippen LogP contribution is -2.55. The number of rotatable bonds is 3. The lowest BCUT2D eigenvalue weighted by molar-refractivity contribution is -0.143. The molecule has 0 bridgehead atoms. The smallest absolute Gasteiger partial charge is 0.408 e. The zero-order valence-corrected chi connectivity index (χ0v) is 13.3. The number of carboxylic acids is 1. The molecule has 2 amide bonds. The topological polar surface area (TPSA) is 107 Å². The molecule has 1 fully saturated rings. The quantitative estimate of drug-likeness (QED) is 0.766. The molecule has 3 N–H and O–H groups in total. The molecule has 1 heterocycles. The highest BCUT2D eigenvalue weighted by Crippen LogP contribution is 2.23. The second kappa shape index (κ2) is 7.06. The van der Waals surface area contributed by atoms with E-state index in [0.717, 1.165) is 4.90 Å². The molecule has 9 heteroatoms. The highest BCUT2D eigenvalue weighted by molar-refractivity contribution is 6.42. The van der Waals surface area contributed by atoms with Gasteiger partial charge in [-0.25, -0.2) is 9.59 Å². The molecule has 1 aliphatic rings. The number of aliphatic carboxylic acids is 1. The monoisotopic (exact) mass is 360 g/mol. The van der Waals surface area contributed by atoms with Gasteiger partial charge < -0.3 is 15.5 Å². The van der Waals surface area contributed by atoms with Crippen LogP contribution < -0.4 is 5.32 Å². The average molecular weight is 361 g/mol. The Hall–Kier alpha value is -1.99. The molecule has 1 aliphatic heterocycles. The van der Waals surface area contributed by atoms with E-state index in [1.54, 1.807) is 0 Å². The number of carbonyl (C=O) groups excluding carboxylic acids is 1. The summed E-state index contributed by atoms with van der Waals surface area (Å²) in [6.45, 7) is -0.0840. The SMILES string of the molecule is O=C(N[C@@H]1CC[C@@H](C(=O)O)N(C(=O)O)C1)c1ccc(Cl)c(Cl)c1. The van der Waals surface area contributed by atoms with E-state index in [1.807, 2.05) is 0 Å². The Morgan fingerprint density at radius 2 is 1.83 bits per heavy atom. The first-order chi connectivity index (χ1) is 10.8. The van der Waals surface area contributed by atoms with Gasteiger partial charge in [0.2, 0.25) is 0 Å². The van der Waals surface area contributed by atoms with E-state index in [-0.39, 0.29) is 18.0 Å². The Morgan fingerprint density at radius 3 is 2.39 bits per heavy atom. The second-order valence-electron chi connectivity index (χ2n) is 5.17. The van der Waals surface area contributed by atoms with Crippen molar-refractivity contribution in [3.63, 3.8) is 0 Å². The van der Waals surface area contributed by atoms with Gasteiger partial charge in [0.1, 0.15) is 6.04 Å². The van der Waals surface area contributed by atoms with Crippen molar-refractivity contribution in [2.45, 2.75) is 24.9 Å². The molecule has 7 nitrogen and oxygen atoms in total. The Kier molecular flexibility index (Phi) is 5.33. The van der Waals surface area contributed by atoms with Crippen LogP contribution in [0.4, 0.5) is 4.79 Å². The van der Waals surface area contributed by atoms with Crippen LogP contribution in [0.5, 0.6) is 0 Å². The van der Waals surface area contributed by atoms with E-state index < -0.39 is 30.1 Å². The van der Waals surface area contributed by atoms with Crippen molar-refractivity contribution in [2.24, 2.45) is 0 Å². The van der Waals surface area contributed by atoms with E-state index in [1.165, 1.54) is 18.2 Å². The minimum atomic E-state index is -1.33. The molecule has 124 valence electrons. The maximum Gasteiger partial charge on any atom is 0.408 e. The number of carbonyl (C=O) groups is 3. The first kappa shape index (κ1) is 17.4. The van der Waals surface area contributed by atoms with Gasteiger partial charge in [-0.2, -0.15) is 0 Å². The lowest BCUT2D eigenvalue weighted by atomic mass is 9.98. The van der Waals surface area contributed by atoms with Crippen molar-refractivity contribution in [3.8, 4) is 0 Å². The highest BCUT2D eigenvalue weighted by Gasteiger charge is 2.36. The highest BCUT2D eigenvalue weighted by atomic mass is 35.5. The number of nitrogens with zero attached hydrogens (tertiary/aromatic N) is 1. The molecule has 0 aliphatic carbocycles. The number of hydrogen-bond donors (Lipinski definition) is 3. The summed E-state index contributed by atoms with van der Waals surface area (Å²) in [5.74, 6) is -1.62. The van der Waals surface area contributed by atoms with Crippen molar-refractivity contribution >= 4 is 41.2 Å². The maximum atomic E-state index is 12.2. The largest absolute Gasteiger partial charge is 0.480 e. The summed E-state index contributed by atoms with van der Waals surface area (Å²) in [4.78, 5) is 35.2. The maximum absolute atomic E-state index is 12.2. The molecule has 23 heavy (non-hydrogen) atoms. The van der Waals surface area contributed by atoms with E-state index in [2.05, 4.69) is 5.32 Å². The molecule has 0 aromatic heterocycles. The predicted molar refractivity (Wildman–Crippen MR) is 83.1 cm³/mol. The number of halogens is 2. The van der Waals surface area contributed by atoms with Gasteiger partial charge in [0.25, 0.3) is 5.91 Å². The van der Waals surface area contributed by atoms with E-state index in [0.29, 0.717) is 17.0 Å². The summed E-state index contributed by atoms with van der Waals surface area (Å²) >= 11 is 11.6. The zero-order chi connectivity index (χ0) is 17.1. The standard InChI is InChI=1S/C14H14Cl2N2O5/c15-9-3-1-7(5-10(9)16)12(19)17-8-2-4-11(13(20)21)18(6-8)14(22)23/h1,3,5,8,11H,2,4,6H2,(H,17,19)(H,20,21)(H,22,23)/t8-,11+/m1/s1. The number of piperidine rings is 1. The summed E-state index contributed by atoms with van der Waals surface area (Å²) in [6.07, 6.45) is -0.826. The van der Waals surface area contributed by atoms with Crippen LogP contribution in [0.2, 0.25) is 10.0 Å². The first-order valence-electron chi connectivity index (χ1n) is 6.78. The van der Waals surface area contributed by atoms with Gasteiger partial charge in [0, 0.05) is 18.2 Å². The summed E-state index contributed by atoms with van der Waals surface area (Å²) in [7, 11) is 0.